The third-order valence-corrected chi connectivity index (χ3v) is 3.97. The van der Waals surface area contributed by atoms with Gasteiger partial charge in [-0.25, -0.2) is 4.79 Å². The van der Waals surface area contributed by atoms with Crippen molar-refractivity contribution in [2.24, 2.45) is 0 Å². The average Bonchev–Trinajstić information content (AvgIpc) is 2.87. The van der Waals surface area contributed by atoms with Crippen molar-refractivity contribution in [1.82, 2.24) is 10.2 Å². The molecule has 4 nitrogen and oxygen atoms in total. The number of hydrogen-bond donors (Lipinski definition) is 1. The highest BCUT2D eigenvalue weighted by molar-refractivity contribution is 5.82. The summed E-state index contributed by atoms with van der Waals surface area (Å²) < 4.78 is 42.3. The van der Waals surface area contributed by atoms with E-state index >= 15 is 0 Å². The molecule has 0 aromatic carbocycles. The molecule has 0 spiro atoms. The summed E-state index contributed by atoms with van der Waals surface area (Å²) in [5.41, 5.74) is -1.19. The molecule has 1 N–H and O–H groups in total. The number of halogens is 3. The van der Waals surface area contributed by atoms with E-state index in [4.69, 9.17) is 4.74 Å². The number of fused-ring (bicyclic) bond motifs is 1. The first-order valence-corrected chi connectivity index (χ1v) is 6.62. The second-order valence-electron chi connectivity index (χ2n) is 5.10. The minimum absolute atomic E-state index is 0.172. The van der Waals surface area contributed by atoms with Gasteiger partial charge in [-0.2, -0.15) is 13.2 Å². The van der Waals surface area contributed by atoms with Gasteiger partial charge in [0.2, 0.25) is 0 Å². The molecule has 110 valence electrons. The topological polar surface area (TPSA) is 41.6 Å². The molecule has 19 heavy (non-hydrogen) atoms. The fourth-order valence-electron chi connectivity index (χ4n) is 3.17. The Kier molecular flexibility index (Phi) is 4.06. The van der Waals surface area contributed by atoms with E-state index in [-0.39, 0.29) is 12.6 Å². The van der Waals surface area contributed by atoms with Crippen LogP contribution in [0.3, 0.4) is 0 Å². The van der Waals surface area contributed by atoms with E-state index in [1.54, 1.807) is 6.92 Å². The Labute approximate surface area is 110 Å². The van der Waals surface area contributed by atoms with Crippen LogP contribution in [0.2, 0.25) is 0 Å². The fraction of sp³-hybridized carbons (Fsp3) is 0.917. The number of carbonyl (C=O) groups is 1. The normalized spacial score (nSPS) is 31.5. The molecule has 0 aromatic rings. The van der Waals surface area contributed by atoms with Gasteiger partial charge in [-0.1, -0.05) is 0 Å². The molecule has 2 rings (SSSR count). The summed E-state index contributed by atoms with van der Waals surface area (Å²) in [6.45, 7) is 2.18. The van der Waals surface area contributed by atoms with E-state index in [0.29, 0.717) is 13.0 Å². The Bertz CT molecular complexity index is 348. The summed E-state index contributed by atoms with van der Waals surface area (Å²) in [7, 11) is 0. The van der Waals surface area contributed by atoms with Gasteiger partial charge in [0.1, 0.15) is 5.54 Å². The minimum Gasteiger partial charge on any atom is -0.465 e. The van der Waals surface area contributed by atoms with Crippen molar-refractivity contribution in [3.8, 4) is 0 Å². The largest absolute Gasteiger partial charge is 0.465 e. The number of carbonyl (C=O) groups excluding carboxylic acids is 1. The standard InChI is InChI=1S/C12H19F3N2O2/c1-2-19-10(18)11(16-8-12(13,14)15)5-7-17-6-3-4-9(11)17/h9,16H,2-8H2,1H3. The summed E-state index contributed by atoms with van der Waals surface area (Å²) in [4.78, 5) is 14.2. The second kappa shape index (κ2) is 5.28. The van der Waals surface area contributed by atoms with E-state index in [1.165, 1.54) is 0 Å². The first-order chi connectivity index (χ1) is 8.89. The molecule has 0 radical (unpaired) electrons. The second-order valence-corrected chi connectivity index (χ2v) is 5.10. The molecule has 2 atom stereocenters. The molecule has 0 bridgehead atoms. The Morgan fingerprint density at radius 1 is 1.47 bits per heavy atom. The van der Waals surface area contributed by atoms with E-state index in [2.05, 4.69) is 10.2 Å². The summed E-state index contributed by atoms with van der Waals surface area (Å²) >= 11 is 0. The molecule has 2 aliphatic heterocycles. The number of esters is 1. The van der Waals surface area contributed by atoms with Crippen molar-refractivity contribution >= 4 is 5.97 Å². The number of hydrogen-bond acceptors (Lipinski definition) is 4. The van der Waals surface area contributed by atoms with Gasteiger partial charge in [0.15, 0.2) is 0 Å². The number of nitrogens with zero attached hydrogens (tertiary/aromatic N) is 1. The monoisotopic (exact) mass is 280 g/mol. The zero-order chi connectivity index (χ0) is 14.1. The SMILES string of the molecule is CCOC(=O)C1(NCC(F)(F)F)CCN2CCCC21. The Morgan fingerprint density at radius 3 is 2.84 bits per heavy atom. The molecule has 0 aliphatic carbocycles. The maximum atomic E-state index is 12.4. The highest BCUT2D eigenvalue weighted by Gasteiger charge is 2.55. The zero-order valence-electron chi connectivity index (χ0n) is 10.9. The van der Waals surface area contributed by atoms with Gasteiger partial charge in [0.05, 0.1) is 13.2 Å². The van der Waals surface area contributed by atoms with Crippen LogP contribution in [-0.4, -0.2) is 54.9 Å². The fourth-order valence-corrected chi connectivity index (χ4v) is 3.17. The van der Waals surface area contributed by atoms with Gasteiger partial charge in [-0.15, -0.1) is 0 Å². The first-order valence-electron chi connectivity index (χ1n) is 6.62. The van der Waals surface area contributed by atoms with Crippen LogP contribution in [0.4, 0.5) is 13.2 Å². The lowest BCUT2D eigenvalue weighted by Crippen LogP contribution is -2.61. The predicted octanol–water partition coefficient (Wildman–Crippen LogP) is 1.31. The lowest BCUT2D eigenvalue weighted by atomic mass is 9.88. The molecule has 0 amide bonds. The Balaban J connectivity index is 2.16. The van der Waals surface area contributed by atoms with Crippen molar-refractivity contribution in [1.29, 1.82) is 0 Å². The van der Waals surface area contributed by atoms with Gasteiger partial charge >= 0.3 is 12.1 Å². The Hall–Kier alpha value is -0.820. The van der Waals surface area contributed by atoms with Crippen molar-refractivity contribution in [2.75, 3.05) is 26.2 Å². The maximum Gasteiger partial charge on any atom is 0.401 e. The van der Waals surface area contributed by atoms with Crippen molar-refractivity contribution in [2.45, 2.75) is 43.9 Å². The zero-order valence-corrected chi connectivity index (χ0v) is 10.9. The summed E-state index contributed by atoms with van der Waals surface area (Å²) in [5, 5.41) is 2.45. The average molecular weight is 280 g/mol. The smallest absolute Gasteiger partial charge is 0.401 e. The predicted molar refractivity (Wildman–Crippen MR) is 62.6 cm³/mol. The molecule has 0 aromatic heterocycles. The summed E-state index contributed by atoms with van der Waals surface area (Å²) in [6, 6.07) is -0.172. The molecule has 2 heterocycles. The van der Waals surface area contributed by atoms with Crippen LogP contribution in [0, 0.1) is 0 Å². The highest BCUT2D eigenvalue weighted by atomic mass is 19.4. The first kappa shape index (κ1) is 14.6. The van der Waals surface area contributed by atoms with Crippen LogP contribution >= 0.6 is 0 Å². The van der Waals surface area contributed by atoms with Gasteiger partial charge in [0, 0.05) is 12.6 Å². The van der Waals surface area contributed by atoms with Crippen molar-refractivity contribution in [3.63, 3.8) is 0 Å². The lowest BCUT2D eigenvalue weighted by Gasteiger charge is -2.34. The van der Waals surface area contributed by atoms with Gasteiger partial charge in [-0.3, -0.25) is 10.2 Å². The highest BCUT2D eigenvalue weighted by Crippen LogP contribution is 2.37. The molecule has 2 saturated heterocycles. The third-order valence-electron chi connectivity index (χ3n) is 3.97. The quantitative estimate of drug-likeness (QED) is 0.788. The third kappa shape index (κ3) is 2.86. The number of ether oxygens (including phenoxy) is 1. The van der Waals surface area contributed by atoms with Crippen LogP contribution < -0.4 is 5.32 Å². The number of nitrogens with one attached hydrogen (secondary N) is 1. The van der Waals surface area contributed by atoms with Crippen LogP contribution in [0.1, 0.15) is 26.2 Å². The maximum absolute atomic E-state index is 12.4. The molecule has 7 heteroatoms. The molecule has 2 unspecified atom stereocenters. The van der Waals surface area contributed by atoms with Crippen LogP contribution in [0.5, 0.6) is 0 Å². The van der Waals surface area contributed by atoms with Crippen LogP contribution in [-0.2, 0) is 9.53 Å². The molecule has 2 aliphatic rings. The van der Waals surface area contributed by atoms with Gasteiger partial charge in [-0.05, 0) is 32.7 Å². The van der Waals surface area contributed by atoms with Crippen LogP contribution in [0.15, 0.2) is 0 Å². The lowest BCUT2D eigenvalue weighted by molar-refractivity contribution is -0.157. The molecule has 0 saturated carbocycles. The number of rotatable bonds is 4. The van der Waals surface area contributed by atoms with Gasteiger partial charge < -0.3 is 4.74 Å². The van der Waals surface area contributed by atoms with Crippen LogP contribution in [0.25, 0.3) is 0 Å². The minimum atomic E-state index is -4.33. The summed E-state index contributed by atoms with van der Waals surface area (Å²) in [5.74, 6) is -0.548. The number of alkyl halides is 3. The van der Waals surface area contributed by atoms with E-state index in [0.717, 1.165) is 19.4 Å². The molecular formula is C12H19F3N2O2. The van der Waals surface area contributed by atoms with E-state index < -0.39 is 24.2 Å². The van der Waals surface area contributed by atoms with Crippen molar-refractivity contribution < 1.29 is 22.7 Å². The van der Waals surface area contributed by atoms with Crippen molar-refractivity contribution in [3.05, 3.63) is 0 Å². The van der Waals surface area contributed by atoms with E-state index in [1.807, 2.05) is 0 Å². The Morgan fingerprint density at radius 2 is 2.21 bits per heavy atom. The molecule has 2 fully saturated rings. The summed E-state index contributed by atoms with van der Waals surface area (Å²) in [6.07, 6.45) is -2.29. The molecular weight excluding hydrogens is 261 g/mol. The van der Waals surface area contributed by atoms with Gasteiger partial charge in [0.25, 0.3) is 0 Å². The van der Waals surface area contributed by atoms with E-state index in [9.17, 15) is 18.0 Å².